The van der Waals surface area contributed by atoms with E-state index >= 15 is 0 Å². The molecule has 2 amide bonds. The number of halogens is 1. The first-order valence-corrected chi connectivity index (χ1v) is 13.9. The van der Waals surface area contributed by atoms with E-state index in [9.17, 15) is 22.4 Å². The molecule has 0 heterocycles. The number of nitrogens with one attached hydrogen (secondary N) is 1. The highest BCUT2D eigenvalue weighted by Crippen LogP contribution is 2.21. The lowest BCUT2D eigenvalue weighted by atomic mass is 10.1. The van der Waals surface area contributed by atoms with Crippen molar-refractivity contribution in [3.8, 4) is 0 Å². The van der Waals surface area contributed by atoms with E-state index in [1.54, 1.807) is 55.5 Å². The second kappa shape index (κ2) is 12.2. The van der Waals surface area contributed by atoms with Gasteiger partial charge in [0.1, 0.15) is 11.9 Å². The van der Waals surface area contributed by atoms with Crippen molar-refractivity contribution in [2.45, 2.75) is 64.1 Å². The number of benzene rings is 2. The summed E-state index contributed by atoms with van der Waals surface area (Å²) in [5, 5.41) is 3.02. The minimum Gasteiger partial charge on any atom is -0.352 e. The molecule has 1 N–H and O–H groups in total. The number of rotatable bonds is 11. The number of nitrogens with zero attached hydrogens (tertiary/aromatic N) is 2. The second-order valence-corrected chi connectivity index (χ2v) is 11.0. The molecule has 1 aliphatic rings. The molecular weight excluding hydrogens is 469 g/mol. The third-order valence-electron chi connectivity index (χ3n) is 6.36. The van der Waals surface area contributed by atoms with Gasteiger partial charge >= 0.3 is 0 Å². The van der Waals surface area contributed by atoms with E-state index in [0.29, 0.717) is 11.3 Å². The molecule has 1 unspecified atom stereocenters. The number of sulfonamides is 1. The maximum absolute atomic E-state index is 14.4. The molecular formula is C26H34FN3O4S. The van der Waals surface area contributed by atoms with E-state index in [-0.39, 0.29) is 43.8 Å². The first kappa shape index (κ1) is 26.7. The summed E-state index contributed by atoms with van der Waals surface area (Å²) in [7, 11) is -3.54. The van der Waals surface area contributed by atoms with Gasteiger partial charge in [-0.1, -0.05) is 49.2 Å². The van der Waals surface area contributed by atoms with E-state index in [1.807, 2.05) is 0 Å². The number of hydrogen-bond donors (Lipinski definition) is 1. The van der Waals surface area contributed by atoms with Crippen LogP contribution in [0, 0.1) is 5.82 Å². The lowest BCUT2D eigenvalue weighted by Crippen LogP contribution is -2.49. The lowest BCUT2D eigenvalue weighted by molar-refractivity contribution is -0.141. The summed E-state index contributed by atoms with van der Waals surface area (Å²) in [6, 6.07) is 14.2. The average Bonchev–Trinajstić information content (AvgIpc) is 3.33. The Bertz CT molecular complexity index is 1100. The van der Waals surface area contributed by atoms with E-state index in [1.165, 1.54) is 15.3 Å². The van der Waals surface area contributed by atoms with E-state index in [2.05, 4.69) is 5.32 Å². The quantitative estimate of drug-likeness (QED) is 0.505. The topological polar surface area (TPSA) is 86.8 Å². The molecule has 0 bridgehead atoms. The normalized spacial score (nSPS) is 14.9. The zero-order valence-corrected chi connectivity index (χ0v) is 21.1. The molecule has 0 saturated heterocycles. The Morgan fingerprint density at radius 2 is 1.69 bits per heavy atom. The predicted octanol–water partition coefficient (Wildman–Crippen LogP) is 3.85. The zero-order valence-electron chi connectivity index (χ0n) is 20.3. The van der Waals surface area contributed by atoms with Gasteiger partial charge in [0.2, 0.25) is 21.8 Å². The van der Waals surface area contributed by atoms with Crippen molar-refractivity contribution in [1.29, 1.82) is 0 Å². The van der Waals surface area contributed by atoms with Crippen molar-refractivity contribution in [2.24, 2.45) is 0 Å². The minimum atomic E-state index is -3.54. The van der Waals surface area contributed by atoms with Crippen LogP contribution in [0.3, 0.4) is 0 Å². The van der Waals surface area contributed by atoms with Crippen LogP contribution in [0.15, 0.2) is 54.6 Å². The molecule has 35 heavy (non-hydrogen) atoms. The Balaban J connectivity index is 1.71. The highest BCUT2D eigenvalue weighted by Gasteiger charge is 2.29. The van der Waals surface area contributed by atoms with Crippen LogP contribution in [0.1, 0.15) is 51.0 Å². The SMILES string of the molecule is CC(C(=O)NC1CCCC1)N(Cc1ccccc1F)C(=O)CCCN(c1ccccc1)S(C)(=O)=O. The Morgan fingerprint density at radius 3 is 2.31 bits per heavy atom. The van der Waals surface area contributed by atoms with E-state index in [0.717, 1.165) is 31.9 Å². The van der Waals surface area contributed by atoms with Crippen molar-refractivity contribution < 1.29 is 22.4 Å². The lowest BCUT2D eigenvalue weighted by Gasteiger charge is -2.30. The molecule has 0 spiro atoms. The average molecular weight is 504 g/mol. The molecule has 1 aliphatic carbocycles. The summed E-state index contributed by atoms with van der Waals surface area (Å²) in [6.07, 6.45) is 5.37. The maximum atomic E-state index is 14.4. The van der Waals surface area contributed by atoms with Gasteiger partial charge in [-0.2, -0.15) is 0 Å². The molecule has 190 valence electrons. The maximum Gasteiger partial charge on any atom is 0.242 e. The van der Waals surface area contributed by atoms with Crippen LogP contribution < -0.4 is 9.62 Å². The summed E-state index contributed by atoms with van der Waals surface area (Å²) in [4.78, 5) is 27.6. The van der Waals surface area contributed by atoms with Crippen LogP contribution in [0.4, 0.5) is 10.1 Å². The smallest absolute Gasteiger partial charge is 0.242 e. The molecule has 2 aromatic carbocycles. The third-order valence-corrected chi connectivity index (χ3v) is 7.56. The van der Waals surface area contributed by atoms with Gasteiger partial charge in [-0.15, -0.1) is 0 Å². The largest absolute Gasteiger partial charge is 0.352 e. The number of anilines is 1. The standard InChI is InChI=1S/C26H34FN3O4S/c1-20(26(32)28-22-12-7-8-13-22)29(19-21-11-6-9-16-24(21)27)25(31)17-10-18-30(35(2,33)34)23-14-4-3-5-15-23/h3-6,9,11,14-16,20,22H,7-8,10,12-13,17-19H2,1-2H3,(H,28,32). The molecule has 1 saturated carbocycles. The summed E-state index contributed by atoms with van der Waals surface area (Å²) in [5.41, 5.74) is 0.846. The first-order valence-electron chi connectivity index (χ1n) is 12.0. The van der Waals surface area contributed by atoms with Gasteiger partial charge in [-0.05, 0) is 44.4 Å². The Hall–Kier alpha value is -2.94. The number of hydrogen-bond acceptors (Lipinski definition) is 4. The van der Waals surface area contributed by atoms with Gasteiger partial charge in [0.05, 0.1) is 11.9 Å². The Morgan fingerprint density at radius 1 is 1.06 bits per heavy atom. The van der Waals surface area contributed by atoms with Gasteiger partial charge < -0.3 is 10.2 Å². The van der Waals surface area contributed by atoms with Gasteiger partial charge in [0.25, 0.3) is 0 Å². The molecule has 7 nitrogen and oxygen atoms in total. The monoisotopic (exact) mass is 503 g/mol. The van der Waals surface area contributed by atoms with Crippen LogP contribution in [-0.2, 0) is 26.2 Å². The molecule has 0 aromatic heterocycles. The third kappa shape index (κ3) is 7.52. The number of carbonyl (C=O) groups excluding carboxylic acids is 2. The van der Waals surface area contributed by atoms with Crippen LogP contribution in [0.2, 0.25) is 0 Å². The summed E-state index contributed by atoms with van der Waals surface area (Å²) >= 11 is 0. The molecule has 2 aromatic rings. The van der Waals surface area contributed by atoms with Crippen LogP contribution in [0.25, 0.3) is 0 Å². The van der Waals surface area contributed by atoms with Crippen molar-refractivity contribution in [3.05, 3.63) is 66.0 Å². The molecule has 1 fully saturated rings. The minimum absolute atomic E-state index is 0.0222. The van der Waals surface area contributed by atoms with Crippen LogP contribution in [-0.4, -0.2) is 50.0 Å². The highest BCUT2D eigenvalue weighted by atomic mass is 32.2. The van der Waals surface area contributed by atoms with Gasteiger partial charge in [0.15, 0.2) is 0 Å². The zero-order chi connectivity index (χ0) is 25.4. The number of para-hydroxylation sites is 1. The fraction of sp³-hybridized carbons (Fsp3) is 0.462. The van der Waals surface area contributed by atoms with Crippen molar-refractivity contribution in [1.82, 2.24) is 10.2 Å². The number of carbonyl (C=O) groups is 2. The van der Waals surface area contributed by atoms with Crippen molar-refractivity contribution >= 4 is 27.5 Å². The fourth-order valence-electron chi connectivity index (χ4n) is 4.38. The molecule has 9 heteroatoms. The Labute approximate surface area is 207 Å². The van der Waals surface area contributed by atoms with Gasteiger partial charge in [-0.3, -0.25) is 13.9 Å². The molecule has 0 radical (unpaired) electrons. The molecule has 1 atom stereocenters. The fourth-order valence-corrected chi connectivity index (χ4v) is 5.35. The summed E-state index contributed by atoms with van der Waals surface area (Å²) < 4.78 is 40.3. The summed E-state index contributed by atoms with van der Waals surface area (Å²) in [6.45, 7) is 1.72. The number of amides is 2. The molecule has 3 rings (SSSR count). The predicted molar refractivity (Wildman–Crippen MR) is 135 cm³/mol. The van der Waals surface area contributed by atoms with Crippen molar-refractivity contribution in [2.75, 3.05) is 17.1 Å². The van der Waals surface area contributed by atoms with Crippen LogP contribution in [0.5, 0.6) is 0 Å². The van der Waals surface area contributed by atoms with Gasteiger partial charge in [-0.25, -0.2) is 12.8 Å². The first-order chi connectivity index (χ1) is 16.7. The van der Waals surface area contributed by atoms with Crippen LogP contribution >= 0.6 is 0 Å². The van der Waals surface area contributed by atoms with E-state index in [4.69, 9.17) is 0 Å². The summed E-state index contributed by atoms with van der Waals surface area (Å²) in [5.74, 6) is -1.03. The highest BCUT2D eigenvalue weighted by molar-refractivity contribution is 7.92. The Kier molecular flexibility index (Phi) is 9.26. The van der Waals surface area contributed by atoms with Gasteiger partial charge in [0, 0.05) is 31.1 Å². The van der Waals surface area contributed by atoms with E-state index < -0.39 is 21.9 Å². The molecule has 0 aliphatic heterocycles. The van der Waals surface area contributed by atoms with Crippen molar-refractivity contribution in [3.63, 3.8) is 0 Å². The second-order valence-electron chi connectivity index (χ2n) is 9.05.